The molecule has 1 amide bonds. The van der Waals surface area contributed by atoms with Crippen LogP contribution in [0.15, 0.2) is 0 Å². The molecule has 0 rings (SSSR count). The van der Waals surface area contributed by atoms with Crippen molar-refractivity contribution in [3.63, 3.8) is 0 Å². The molecule has 0 spiro atoms. The van der Waals surface area contributed by atoms with Crippen molar-refractivity contribution in [2.24, 2.45) is 0 Å². The summed E-state index contributed by atoms with van der Waals surface area (Å²) in [5, 5.41) is 15.6. The van der Waals surface area contributed by atoms with Gasteiger partial charge in [-0.05, 0) is 6.42 Å². The van der Waals surface area contributed by atoms with Crippen molar-refractivity contribution >= 4 is 6.09 Å². The molecule has 0 radical (unpaired) electrons. The second-order valence-electron chi connectivity index (χ2n) is 1.45. The van der Waals surface area contributed by atoms with Crippen LogP contribution in [0.25, 0.3) is 0 Å². The second kappa shape index (κ2) is 4.08. The minimum atomic E-state index is -1.62. The number of halogens is 1. The Morgan fingerprint density at radius 1 is 1.67 bits per heavy atom. The number of carbonyl (C=O) groups is 1. The molecular weight excluding hydrogens is 129 g/mol. The van der Waals surface area contributed by atoms with Crippen LogP contribution in [0.3, 0.4) is 0 Å². The Balaban J connectivity index is 3.27. The first kappa shape index (κ1) is 8.16. The highest BCUT2D eigenvalue weighted by molar-refractivity contribution is 5.63. The maximum Gasteiger partial charge on any atom is 0.435 e. The molecule has 0 bridgehead atoms. The number of carboxylic acid groups (broad SMARTS) is 1. The number of hydrogen-bond acceptors (Lipinski definition) is 2. The van der Waals surface area contributed by atoms with E-state index < -0.39 is 6.09 Å². The van der Waals surface area contributed by atoms with Crippen LogP contribution in [0.4, 0.5) is 9.28 Å². The highest BCUT2D eigenvalue weighted by Gasteiger charge is 2.07. The largest absolute Gasteiger partial charge is 0.463 e. The zero-order chi connectivity index (χ0) is 7.28. The van der Waals surface area contributed by atoms with E-state index in [9.17, 15) is 9.28 Å². The molecule has 0 atom stereocenters. The Bertz CT molecular complexity index is 97.8. The third kappa shape index (κ3) is 3.72. The molecular formula is C4H8FNO3. The molecule has 5 heteroatoms. The Hall–Kier alpha value is -0.840. The molecule has 0 saturated heterocycles. The minimum absolute atomic E-state index is 0.128. The third-order valence-electron chi connectivity index (χ3n) is 0.720. The van der Waals surface area contributed by atoms with Crippen molar-refractivity contribution in [1.29, 1.82) is 0 Å². The van der Waals surface area contributed by atoms with Gasteiger partial charge in [0.05, 0.1) is 6.54 Å². The van der Waals surface area contributed by atoms with Crippen LogP contribution in [0.2, 0.25) is 0 Å². The quantitative estimate of drug-likeness (QED) is 0.547. The zero-order valence-corrected chi connectivity index (χ0v) is 4.75. The lowest BCUT2D eigenvalue weighted by Crippen LogP contribution is -2.21. The van der Waals surface area contributed by atoms with Crippen molar-refractivity contribution in [2.45, 2.75) is 6.42 Å². The van der Waals surface area contributed by atoms with Crippen LogP contribution in [0.5, 0.6) is 0 Å². The summed E-state index contributed by atoms with van der Waals surface area (Å²) in [5.74, 6) is 0. The SMILES string of the molecule is O=C(O)N(F)CCCO. The van der Waals surface area contributed by atoms with Gasteiger partial charge in [-0.1, -0.05) is 4.48 Å². The lowest BCUT2D eigenvalue weighted by atomic mass is 10.4. The second-order valence-corrected chi connectivity index (χ2v) is 1.45. The molecule has 2 N–H and O–H groups in total. The Kier molecular flexibility index (Phi) is 3.70. The molecule has 0 aliphatic carbocycles. The number of aliphatic hydroxyl groups excluding tert-OH is 1. The molecule has 9 heavy (non-hydrogen) atoms. The average Bonchev–Trinajstić information content (AvgIpc) is 1.82. The number of nitrogens with zero attached hydrogens (tertiary/aromatic N) is 1. The van der Waals surface area contributed by atoms with Crippen LogP contribution in [-0.4, -0.2) is 34.6 Å². The fraction of sp³-hybridized carbons (Fsp3) is 0.750. The summed E-state index contributed by atoms with van der Waals surface area (Å²) in [7, 11) is 0. The van der Waals surface area contributed by atoms with Crippen LogP contribution in [0, 0.1) is 0 Å². The van der Waals surface area contributed by atoms with Crippen molar-refractivity contribution in [3.8, 4) is 0 Å². The first-order chi connectivity index (χ1) is 4.18. The van der Waals surface area contributed by atoms with E-state index >= 15 is 0 Å². The molecule has 0 fully saturated rings. The van der Waals surface area contributed by atoms with Gasteiger partial charge >= 0.3 is 6.09 Å². The molecule has 54 valence electrons. The predicted octanol–water partition coefficient (Wildman–Crippen LogP) is 0.233. The molecule has 0 aromatic carbocycles. The van der Waals surface area contributed by atoms with Crippen LogP contribution in [-0.2, 0) is 0 Å². The van der Waals surface area contributed by atoms with Gasteiger partial charge in [0.25, 0.3) is 0 Å². The molecule has 0 aliphatic rings. The first-order valence-electron chi connectivity index (χ1n) is 2.45. The summed E-state index contributed by atoms with van der Waals surface area (Å²) in [6.45, 7) is -0.473. The lowest BCUT2D eigenvalue weighted by molar-refractivity contribution is 0.0275. The Morgan fingerprint density at radius 3 is 2.56 bits per heavy atom. The number of hydrogen-bond donors (Lipinski definition) is 2. The van der Waals surface area contributed by atoms with Gasteiger partial charge in [-0.15, -0.1) is 5.12 Å². The highest BCUT2D eigenvalue weighted by Crippen LogP contribution is 1.90. The van der Waals surface area contributed by atoms with E-state index in [4.69, 9.17) is 10.2 Å². The summed E-state index contributed by atoms with van der Waals surface area (Å²) in [6.07, 6.45) is -1.49. The third-order valence-corrected chi connectivity index (χ3v) is 0.720. The number of amides is 1. The summed E-state index contributed by atoms with van der Waals surface area (Å²) in [6, 6.07) is 0. The van der Waals surface area contributed by atoms with Gasteiger partial charge in [0, 0.05) is 6.61 Å². The van der Waals surface area contributed by atoms with E-state index in [0.29, 0.717) is 0 Å². The summed E-state index contributed by atoms with van der Waals surface area (Å²) in [4.78, 5) is 9.67. The van der Waals surface area contributed by atoms with E-state index in [1.54, 1.807) is 0 Å². The standard InChI is InChI=1S/C4H8FNO3/c5-6(4(8)9)2-1-3-7/h7H,1-3H2,(H,8,9). The van der Waals surface area contributed by atoms with Crippen LogP contribution in [0.1, 0.15) is 6.42 Å². The molecule has 0 aliphatic heterocycles. The minimum Gasteiger partial charge on any atom is -0.463 e. The number of aliphatic hydroxyl groups is 1. The average molecular weight is 137 g/mol. The lowest BCUT2D eigenvalue weighted by Gasteiger charge is -2.04. The van der Waals surface area contributed by atoms with Gasteiger partial charge < -0.3 is 10.2 Å². The van der Waals surface area contributed by atoms with Crippen molar-refractivity contribution in [1.82, 2.24) is 5.12 Å². The van der Waals surface area contributed by atoms with Crippen molar-refractivity contribution in [3.05, 3.63) is 0 Å². The Labute approximate surface area is 51.4 Å². The molecule has 0 aromatic heterocycles. The summed E-state index contributed by atoms with van der Waals surface area (Å²) >= 11 is 0. The normalized spacial score (nSPS) is 9.11. The first-order valence-corrected chi connectivity index (χ1v) is 2.45. The summed E-state index contributed by atoms with van der Waals surface area (Å²) < 4.78 is 11.8. The highest BCUT2D eigenvalue weighted by atomic mass is 19.2. The molecule has 4 nitrogen and oxygen atoms in total. The van der Waals surface area contributed by atoms with E-state index in [0.717, 1.165) is 0 Å². The van der Waals surface area contributed by atoms with Gasteiger partial charge in [0.2, 0.25) is 0 Å². The molecule has 0 aromatic rings. The maximum absolute atomic E-state index is 11.8. The van der Waals surface area contributed by atoms with E-state index in [1.165, 1.54) is 0 Å². The van der Waals surface area contributed by atoms with E-state index in [-0.39, 0.29) is 24.7 Å². The monoisotopic (exact) mass is 137 g/mol. The van der Waals surface area contributed by atoms with Gasteiger partial charge in [0.15, 0.2) is 0 Å². The zero-order valence-electron chi connectivity index (χ0n) is 4.75. The van der Waals surface area contributed by atoms with Gasteiger partial charge in [-0.3, -0.25) is 0 Å². The molecule has 0 saturated carbocycles. The fourth-order valence-corrected chi connectivity index (χ4v) is 0.305. The number of rotatable bonds is 3. The van der Waals surface area contributed by atoms with Crippen molar-refractivity contribution < 1.29 is 19.5 Å². The smallest absolute Gasteiger partial charge is 0.435 e. The fourth-order valence-electron chi connectivity index (χ4n) is 0.305. The molecule has 0 heterocycles. The van der Waals surface area contributed by atoms with Gasteiger partial charge in [-0.2, -0.15) is 0 Å². The van der Waals surface area contributed by atoms with E-state index in [2.05, 4.69) is 0 Å². The van der Waals surface area contributed by atoms with Gasteiger partial charge in [0.1, 0.15) is 0 Å². The van der Waals surface area contributed by atoms with Crippen LogP contribution >= 0.6 is 0 Å². The summed E-state index contributed by atoms with van der Waals surface area (Å²) in [5.41, 5.74) is 0. The Morgan fingerprint density at radius 2 is 2.22 bits per heavy atom. The van der Waals surface area contributed by atoms with Crippen molar-refractivity contribution in [2.75, 3.05) is 13.2 Å². The van der Waals surface area contributed by atoms with Crippen LogP contribution < -0.4 is 0 Å². The topological polar surface area (TPSA) is 60.8 Å². The maximum atomic E-state index is 11.8. The molecule has 0 unspecified atom stereocenters. The van der Waals surface area contributed by atoms with Gasteiger partial charge in [-0.25, -0.2) is 4.79 Å². The predicted molar refractivity (Wildman–Crippen MR) is 27.5 cm³/mol. The van der Waals surface area contributed by atoms with E-state index in [1.807, 2.05) is 0 Å².